The molecule has 32 heavy (non-hydrogen) atoms. The molecule has 0 saturated heterocycles. The molecule has 0 fully saturated rings. The fourth-order valence-corrected chi connectivity index (χ4v) is 4.21. The van der Waals surface area contributed by atoms with Crippen LogP contribution in [0.4, 0.5) is 17.1 Å². The van der Waals surface area contributed by atoms with Gasteiger partial charge in [0.15, 0.2) is 0 Å². The molecule has 0 aliphatic heterocycles. The molecule has 0 atom stereocenters. The van der Waals surface area contributed by atoms with Gasteiger partial charge >= 0.3 is 0 Å². The molecule has 0 aromatic heterocycles. The third-order valence-electron chi connectivity index (χ3n) is 4.30. The van der Waals surface area contributed by atoms with E-state index in [4.69, 9.17) is 11.6 Å². The number of nitro benzene ring substituents is 1. The highest BCUT2D eigenvalue weighted by atomic mass is 35.5. The molecular formula is C20H17ClN4O6S. The predicted octanol–water partition coefficient (Wildman–Crippen LogP) is 4.30. The number of sulfonamides is 1. The Morgan fingerprint density at radius 1 is 1.06 bits per heavy atom. The van der Waals surface area contributed by atoms with E-state index in [-0.39, 0.29) is 39.2 Å². The maximum atomic E-state index is 13.0. The van der Waals surface area contributed by atoms with E-state index >= 15 is 0 Å². The summed E-state index contributed by atoms with van der Waals surface area (Å²) in [6, 6.07) is 13.3. The van der Waals surface area contributed by atoms with Crippen LogP contribution < -0.4 is 10.1 Å². The van der Waals surface area contributed by atoms with Crippen molar-refractivity contribution in [3.63, 3.8) is 0 Å². The van der Waals surface area contributed by atoms with Crippen LogP contribution in [0.1, 0.15) is 12.5 Å². The zero-order valence-electron chi connectivity index (χ0n) is 16.5. The van der Waals surface area contributed by atoms with Gasteiger partial charge < -0.3 is 10.2 Å². The van der Waals surface area contributed by atoms with Gasteiger partial charge in [-0.15, -0.1) is 0 Å². The monoisotopic (exact) mass is 476 g/mol. The first-order valence-electron chi connectivity index (χ1n) is 8.97. The van der Waals surface area contributed by atoms with Gasteiger partial charge in [0.2, 0.25) is 0 Å². The van der Waals surface area contributed by atoms with Crippen LogP contribution in [-0.4, -0.2) is 29.3 Å². The van der Waals surface area contributed by atoms with E-state index in [2.05, 4.69) is 15.2 Å². The molecule has 3 aromatic carbocycles. The summed E-state index contributed by atoms with van der Waals surface area (Å²) >= 11 is 6.02. The maximum absolute atomic E-state index is 13.0. The Kier molecular flexibility index (Phi) is 6.51. The Hall–Kier alpha value is -3.83. The number of phenols is 2. The van der Waals surface area contributed by atoms with Crippen molar-refractivity contribution in [2.75, 3.05) is 10.1 Å². The van der Waals surface area contributed by atoms with Crippen LogP contribution in [0.5, 0.6) is 11.5 Å². The lowest BCUT2D eigenvalue weighted by molar-refractivity contribution is -0.385. The Morgan fingerprint density at radius 2 is 1.78 bits per heavy atom. The minimum Gasteiger partial charge on any atom is -0.508 e. The lowest BCUT2D eigenvalue weighted by atomic mass is 10.1. The standard InChI is InChI=1S/C20H17ClN4O6S/c1-12(15-8-7-14(26)11-19(15)27)22-23-18-9-6-13(25(28)29)10-20(18)32(30,31)24-17-5-3-2-4-16(17)21/h2-11,23-24,26-27H,1H3/b22-12-. The fraction of sp³-hybridized carbons (Fsp3) is 0.0500. The summed E-state index contributed by atoms with van der Waals surface area (Å²) < 4.78 is 28.3. The molecule has 12 heteroatoms. The third-order valence-corrected chi connectivity index (χ3v) is 6.03. The number of nitro groups is 1. The number of hydrazone groups is 1. The summed E-state index contributed by atoms with van der Waals surface area (Å²) in [6.07, 6.45) is 0. The van der Waals surface area contributed by atoms with Crippen molar-refractivity contribution in [3.8, 4) is 11.5 Å². The Balaban J connectivity index is 2.01. The molecular weight excluding hydrogens is 460 g/mol. The van der Waals surface area contributed by atoms with E-state index in [1.54, 1.807) is 19.1 Å². The first-order valence-corrected chi connectivity index (χ1v) is 10.8. The van der Waals surface area contributed by atoms with Crippen LogP contribution in [0.3, 0.4) is 0 Å². The van der Waals surface area contributed by atoms with Crippen molar-refractivity contribution in [3.05, 3.63) is 81.4 Å². The van der Waals surface area contributed by atoms with Crippen molar-refractivity contribution in [2.24, 2.45) is 5.10 Å². The van der Waals surface area contributed by atoms with Crippen LogP contribution in [0.2, 0.25) is 5.02 Å². The number of halogens is 1. The molecule has 0 bridgehead atoms. The molecule has 0 amide bonds. The SMILES string of the molecule is C/C(=N/Nc1ccc([N+](=O)[O-])cc1S(=O)(=O)Nc1ccccc1Cl)c1ccc(O)cc1O. The minimum atomic E-state index is -4.30. The van der Waals surface area contributed by atoms with Gasteiger partial charge in [0.05, 0.1) is 27.0 Å². The number of hydrogen-bond donors (Lipinski definition) is 4. The van der Waals surface area contributed by atoms with Gasteiger partial charge in [0, 0.05) is 23.8 Å². The number of phenolic OH excluding ortho intramolecular Hbond substituents is 2. The lowest BCUT2D eigenvalue weighted by Gasteiger charge is -2.13. The van der Waals surface area contributed by atoms with Gasteiger partial charge in [-0.2, -0.15) is 5.10 Å². The van der Waals surface area contributed by atoms with Crippen LogP contribution in [-0.2, 0) is 10.0 Å². The quantitative estimate of drug-likeness (QED) is 0.225. The predicted molar refractivity (Wildman–Crippen MR) is 121 cm³/mol. The maximum Gasteiger partial charge on any atom is 0.270 e. The first kappa shape index (κ1) is 22.8. The van der Waals surface area contributed by atoms with Gasteiger partial charge in [0.1, 0.15) is 16.4 Å². The highest BCUT2D eigenvalue weighted by molar-refractivity contribution is 7.93. The van der Waals surface area contributed by atoms with E-state index in [1.165, 1.54) is 30.3 Å². The molecule has 0 saturated carbocycles. The lowest BCUT2D eigenvalue weighted by Crippen LogP contribution is -2.15. The smallest absolute Gasteiger partial charge is 0.270 e. The number of nitrogens with one attached hydrogen (secondary N) is 2. The van der Waals surface area contributed by atoms with Crippen molar-refractivity contribution >= 4 is 44.4 Å². The topological polar surface area (TPSA) is 154 Å². The summed E-state index contributed by atoms with van der Waals surface area (Å²) in [7, 11) is -4.30. The van der Waals surface area contributed by atoms with E-state index in [0.29, 0.717) is 0 Å². The molecule has 0 heterocycles. The minimum absolute atomic E-state index is 0.0484. The van der Waals surface area contributed by atoms with Gasteiger partial charge in [-0.3, -0.25) is 20.3 Å². The summed E-state index contributed by atoms with van der Waals surface area (Å²) in [6.45, 7) is 1.54. The number of rotatable bonds is 7. The van der Waals surface area contributed by atoms with Crippen molar-refractivity contribution in [1.82, 2.24) is 0 Å². The van der Waals surface area contributed by atoms with Crippen molar-refractivity contribution in [2.45, 2.75) is 11.8 Å². The molecule has 0 unspecified atom stereocenters. The molecule has 3 aromatic rings. The summed E-state index contributed by atoms with van der Waals surface area (Å²) in [5, 5.41) is 34.8. The van der Waals surface area contributed by atoms with Crippen LogP contribution >= 0.6 is 11.6 Å². The molecule has 3 rings (SSSR count). The average molecular weight is 477 g/mol. The molecule has 0 aliphatic rings. The molecule has 166 valence electrons. The second-order valence-electron chi connectivity index (χ2n) is 6.53. The van der Waals surface area contributed by atoms with E-state index < -0.39 is 25.5 Å². The molecule has 0 aliphatic carbocycles. The Morgan fingerprint density at radius 3 is 2.44 bits per heavy atom. The van der Waals surface area contributed by atoms with Gasteiger partial charge in [-0.1, -0.05) is 23.7 Å². The molecule has 10 nitrogen and oxygen atoms in total. The zero-order chi connectivity index (χ0) is 23.5. The summed E-state index contributed by atoms with van der Waals surface area (Å²) in [5.41, 5.74) is 2.73. The normalized spacial score (nSPS) is 11.8. The van der Waals surface area contributed by atoms with Gasteiger partial charge in [0.25, 0.3) is 15.7 Å². The van der Waals surface area contributed by atoms with Crippen molar-refractivity contribution in [1.29, 1.82) is 0 Å². The van der Waals surface area contributed by atoms with Crippen molar-refractivity contribution < 1.29 is 23.6 Å². The molecule has 0 spiro atoms. The highest BCUT2D eigenvalue weighted by Crippen LogP contribution is 2.31. The number of non-ortho nitro benzene ring substituents is 1. The number of hydrogen-bond acceptors (Lipinski definition) is 8. The summed E-state index contributed by atoms with van der Waals surface area (Å²) in [4.78, 5) is 10.0. The van der Waals surface area contributed by atoms with Gasteiger partial charge in [-0.05, 0) is 37.3 Å². The first-order chi connectivity index (χ1) is 15.1. The Bertz CT molecular complexity index is 1330. The summed E-state index contributed by atoms with van der Waals surface area (Å²) in [5.74, 6) is -0.369. The number of aromatic hydroxyl groups is 2. The van der Waals surface area contributed by atoms with E-state index in [9.17, 15) is 28.7 Å². The zero-order valence-corrected chi connectivity index (χ0v) is 18.1. The number of para-hydroxylation sites is 1. The average Bonchev–Trinajstić information content (AvgIpc) is 2.73. The van der Waals surface area contributed by atoms with Gasteiger partial charge in [-0.25, -0.2) is 8.42 Å². The molecule has 0 radical (unpaired) electrons. The number of benzene rings is 3. The second kappa shape index (κ2) is 9.12. The van der Waals surface area contributed by atoms with E-state index in [1.807, 2.05) is 0 Å². The number of nitrogens with zero attached hydrogens (tertiary/aromatic N) is 2. The second-order valence-corrected chi connectivity index (χ2v) is 8.59. The number of anilines is 2. The molecule has 4 N–H and O–H groups in total. The fourth-order valence-electron chi connectivity index (χ4n) is 2.71. The third kappa shape index (κ3) is 5.07. The van der Waals surface area contributed by atoms with Crippen LogP contribution in [0, 0.1) is 10.1 Å². The van der Waals surface area contributed by atoms with Crippen LogP contribution in [0.15, 0.2) is 70.7 Å². The largest absolute Gasteiger partial charge is 0.508 e. The Labute approximate surface area is 188 Å². The van der Waals surface area contributed by atoms with Crippen LogP contribution in [0.25, 0.3) is 0 Å². The highest BCUT2D eigenvalue weighted by Gasteiger charge is 2.23. The van der Waals surface area contributed by atoms with E-state index in [0.717, 1.165) is 18.2 Å².